The number of carbonyl (C=O) groups excluding carboxylic acids is 1. The maximum Gasteiger partial charge on any atom is 0.282 e. The van der Waals surface area contributed by atoms with Crippen molar-refractivity contribution in [2.75, 3.05) is 19.6 Å². The third-order valence-corrected chi connectivity index (χ3v) is 3.86. The van der Waals surface area contributed by atoms with Crippen LogP contribution in [0.1, 0.15) is 29.6 Å². The summed E-state index contributed by atoms with van der Waals surface area (Å²) in [4.78, 5) is 24.2. The lowest BCUT2D eigenvalue weighted by Crippen LogP contribution is -2.39. The Morgan fingerprint density at radius 1 is 1.43 bits per heavy atom. The molecule has 1 amide bonds. The third kappa shape index (κ3) is 3.55. The number of carbonyl (C=O) groups is 1. The zero-order valence-corrected chi connectivity index (χ0v) is 11.6. The minimum Gasteiger partial charge on any atom is -0.338 e. The molecule has 0 atom stereocenters. The molecule has 1 heterocycles. The lowest BCUT2D eigenvalue weighted by molar-refractivity contribution is -0.385. The van der Waals surface area contributed by atoms with Crippen molar-refractivity contribution < 1.29 is 14.1 Å². The summed E-state index contributed by atoms with van der Waals surface area (Å²) in [6.45, 7) is 1.67. The lowest BCUT2D eigenvalue weighted by atomic mass is 9.93. The topological polar surface area (TPSA) is 89.5 Å². The van der Waals surface area contributed by atoms with E-state index in [1.807, 2.05) is 0 Å². The molecule has 0 aliphatic carbocycles. The summed E-state index contributed by atoms with van der Waals surface area (Å²) < 4.78 is 13.3. The lowest BCUT2D eigenvalue weighted by Gasteiger charge is -2.31. The van der Waals surface area contributed by atoms with Gasteiger partial charge in [-0.15, -0.1) is 0 Å². The molecule has 114 valence electrons. The number of nitrogens with zero attached hydrogens (tertiary/aromatic N) is 2. The maximum absolute atomic E-state index is 13.3. The number of nitro benzene ring substituents is 1. The van der Waals surface area contributed by atoms with E-state index in [1.165, 1.54) is 0 Å². The highest BCUT2D eigenvalue weighted by Gasteiger charge is 2.28. The van der Waals surface area contributed by atoms with Crippen molar-refractivity contribution >= 4 is 11.6 Å². The van der Waals surface area contributed by atoms with E-state index in [9.17, 15) is 19.3 Å². The number of halogens is 1. The summed E-state index contributed by atoms with van der Waals surface area (Å²) in [7, 11) is 0. The molecule has 1 aliphatic rings. The standard InChI is InChI=1S/C14H18FN3O3/c15-11-1-2-13(18(20)21)12(9-11)14(19)17-7-4-10(3-6-16)5-8-17/h1-2,9-10H,3-8,16H2. The molecule has 0 unspecified atom stereocenters. The molecule has 2 N–H and O–H groups in total. The molecule has 0 aromatic heterocycles. The van der Waals surface area contributed by atoms with Crippen molar-refractivity contribution in [3.8, 4) is 0 Å². The van der Waals surface area contributed by atoms with Gasteiger partial charge in [0.2, 0.25) is 0 Å². The van der Waals surface area contributed by atoms with Gasteiger partial charge in [0.1, 0.15) is 11.4 Å². The number of benzene rings is 1. The van der Waals surface area contributed by atoms with Gasteiger partial charge in [-0.05, 0) is 43.9 Å². The van der Waals surface area contributed by atoms with E-state index in [4.69, 9.17) is 5.73 Å². The highest BCUT2D eigenvalue weighted by atomic mass is 19.1. The van der Waals surface area contributed by atoms with Crippen LogP contribution in [0, 0.1) is 21.8 Å². The van der Waals surface area contributed by atoms with Gasteiger partial charge in [0.15, 0.2) is 0 Å². The Labute approximate surface area is 121 Å². The molecule has 1 aromatic rings. The summed E-state index contributed by atoms with van der Waals surface area (Å²) in [6.07, 6.45) is 2.57. The number of rotatable bonds is 4. The molecule has 0 spiro atoms. The Hall–Kier alpha value is -2.02. The van der Waals surface area contributed by atoms with Crippen LogP contribution in [0.3, 0.4) is 0 Å². The number of piperidine rings is 1. The van der Waals surface area contributed by atoms with Crippen LogP contribution in [-0.2, 0) is 0 Å². The minimum absolute atomic E-state index is 0.183. The molecule has 1 saturated heterocycles. The van der Waals surface area contributed by atoms with Gasteiger partial charge in [0.05, 0.1) is 4.92 Å². The van der Waals surface area contributed by atoms with Crippen LogP contribution in [0.25, 0.3) is 0 Å². The predicted molar refractivity (Wildman–Crippen MR) is 75.4 cm³/mol. The van der Waals surface area contributed by atoms with Crippen molar-refractivity contribution in [1.82, 2.24) is 4.90 Å². The molecule has 0 bridgehead atoms. The van der Waals surface area contributed by atoms with Gasteiger partial charge in [-0.1, -0.05) is 0 Å². The van der Waals surface area contributed by atoms with Gasteiger partial charge in [-0.2, -0.15) is 0 Å². The van der Waals surface area contributed by atoms with Gasteiger partial charge in [-0.3, -0.25) is 14.9 Å². The Balaban J connectivity index is 2.14. The first kappa shape index (κ1) is 15.4. The van der Waals surface area contributed by atoms with Crippen LogP contribution in [0.15, 0.2) is 18.2 Å². The summed E-state index contributed by atoms with van der Waals surface area (Å²) in [5.74, 6) is -0.643. The molecule has 1 fully saturated rings. The minimum atomic E-state index is -0.659. The fourth-order valence-corrected chi connectivity index (χ4v) is 2.67. The molecule has 1 aromatic carbocycles. The van der Waals surface area contributed by atoms with Crippen LogP contribution in [-0.4, -0.2) is 35.4 Å². The van der Waals surface area contributed by atoms with Gasteiger partial charge >= 0.3 is 0 Å². The zero-order chi connectivity index (χ0) is 15.4. The fourth-order valence-electron chi connectivity index (χ4n) is 2.67. The molecular weight excluding hydrogens is 277 g/mol. The maximum atomic E-state index is 13.3. The van der Waals surface area contributed by atoms with Crippen molar-refractivity contribution in [2.45, 2.75) is 19.3 Å². The molecule has 7 heteroatoms. The number of hydrogen-bond acceptors (Lipinski definition) is 4. The van der Waals surface area contributed by atoms with E-state index in [2.05, 4.69) is 0 Å². The molecule has 1 aliphatic heterocycles. The highest BCUT2D eigenvalue weighted by molar-refractivity contribution is 5.98. The molecule has 0 radical (unpaired) electrons. The highest BCUT2D eigenvalue weighted by Crippen LogP contribution is 2.25. The molecule has 6 nitrogen and oxygen atoms in total. The van der Waals surface area contributed by atoms with Crippen LogP contribution >= 0.6 is 0 Å². The second-order valence-corrected chi connectivity index (χ2v) is 5.23. The smallest absolute Gasteiger partial charge is 0.282 e. The Morgan fingerprint density at radius 3 is 2.67 bits per heavy atom. The number of nitro groups is 1. The van der Waals surface area contributed by atoms with Crippen LogP contribution < -0.4 is 5.73 Å². The second kappa shape index (κ2) is 6.62. The zero-order valence-electron chi connectivity index (χ0n) is 11.6. The van der Waals surface area contributed by atoms with Crippen molar-refractivity contribution in [3.63, 3.8) is 0 Å². The molecule has 21 heavy (non-hydrogen) atoms. The largest absolute Gasteiger partial charge is 0.338 e. The van der Waals surface area contributed by atoms with E-state index in [-0.39, 0.29) is 11.3 Å². The number of likely N-dealkylation sites (tertiary alicyclic amines) is 1. The van der Waals surface area contributed by atoms with Crippen LogP contribution in [0.4, 0.5) is 10.1 Å². The predicted octanol–water partition coefficient (Wildman–Crippen LogP) is 1.93. The number of nitrogens with two attached hydrogens (primary N) is 1. The van der Waals surface area contributed by atoms with E-state index in [0.717, 1.165) is 37.5 Å². The van der Waals surface area contributed by atoms with Crippen molar-refractivity contribution in [2.24, 2.45) is 11.7 Å². The SMILES string of the molecule is NCCC1CCN(C(=O)c2cc(F)ccc2[N+](=O)[O-])CC1. The van der Waals surface area contributed by atoms with Gasteiger partial charge < -0.3 is 10.6 Å². The van der Waals surface area contributed by atoms with Crippen molar-refractivity contribution in [1.29, 1.82) is 0 Å². The summed E-state index contributed by atoms with van der Waals surface area (Å²) in [5, 5.41) is 11.0. The van der Waals surface area contributed by atoms with Crippen LogP contribution in [0.2, 0.25) is 0 Å². The van der Waals surface area contributed by atoms with Gasteiger partial charge in [0.25, 0.3) is 11.6 Å². The fraction of sp³-hybridized carbons (Fsp3) is 0.500. The normalized spacial score (nSPS) is 16.0. The quantitative estimate of drug-likeness (QED) is 0.679. The number of hydrogen-bond donors (Lipinski definition) is 1. The summed E-state index contributed by atoms with van der Waals surface area (Å²) in [5.41, 5.74) is 4.98. The van der Waals surface area contributed by atoms with E-state index < -0.39 is 16.6 Å². The van der Waals surface area contributed by atoms with Crippen molar-refractivity contribution in [3.05, 3.63) is 39.7 Å². The Morgan fingerprint density at radius 2 is 2.10 bits per heavy atom. The van der Waals surface area contributed by atoms with E-state index in [1.54, 1.807) is 4.90 Å². The average Bonchev–Trinajstić information content (AvgIpc) is 2.47. The summed E-state index contributed by atoms with van der Waals surface area (Å²) >= 11 is 0. The van der Waals surface area contributed by atoms with Crippen LogP contribution in [0.5, 0.6) is 0 Å². The molecule has 2 rings (SSSR count). The van der Waals surface area contributed by atoms with Gasteiger partial charge in [-0.25, -0.2) is 4.39 Å². The molecule has 0 saturated carbocycles. The third-order valence-electron chi connectivity index (χ3n) is 3.86. The monoisotopic (exact) mass is 295 g/mol. The van der Waals surface area contributed by atoms with E-state index >= 15 is 0 Å². The number of amides is 1. The second-order valence-electron chi connectivity index (χ2n) is 5.23. The van der Waals surface area contributed by atoms with Gasteiger partial charge in [0, 0.05) is 19.2 Å². The first-order chi connectivity index (χ1) is 10.0. The average molecular weight is 295 g/mol. The summed E-state index contributed by atoms with van der Waals surface area (Å²) in [6, 6.07) is 2.96. The Bertz CT molecular complexity index is 542. The first-order valence-electron chi connectivity index (χ1n) is 6.96. The molecular formula is C14H18FN3O3. The first-order valence-corrected chi connectivity index (χ1v) is 6.96. The van der Waals surface area contributed by atoms with E-state index in [0.29, 0.717) is 25.6 Å². The Kier molecular flexibility index (Phi) is 4.85.